The zero-order chi connectivity index (χ0) is 16.6. The number of carboxylic acid groups (broad SMARTS) is 1. The largest absolute Gasteiger partial charge is 0.479 e. The van der Waals surface area contributed by atoms with Crippen molar-refractivity contribution in [1.29, 1.82) is 0 Å². The van der Waals surface area contributed by atoms with Crippen molar-refractivity contribution in [2.75, 3.05) is 18.4 Å². The number of carbonyl (C=O) groups is 3. The summed E-state index contributed by atoms with van der Waals surface area (Å²) in [5, 5.41) is 11.6. The van der Waals surface area contributed by atoms with Crippen molar-refractivity contribution >= 4 is 23.5 Å². The van der Waals surface area contributed by atoms with E-state index in [-0.39, 0.29) is 24.8 Å². The third-order valence-corrected chi connectivity index (χ3v) is 4.24. The second kappa shape index (κ2) is 5.64. The molecule has 0 aromatic heterocycles. The van der Waals surface area contributed by atoms with Crippen LogP contribution in [-0.2, 0) is 9.59 Å². The molecule has 1 aliphatic heterocycles. The molecule has 1 atom stereocenters. The van der Waals surface area contributed by atoms with Crippen molar-refractivity contribution in [3.8, 4) is 0 Å². The van der Waals surface area contributed by atoms with Gasteiger partial charge in [0.1, 0.15) is 0 Å². The molecule has 2 N–H and O–H groups in total. The first kappa shape index (κ1) is 15.5. The number of hydrogen-bond donors (Lipinski definition) is 2. The van der Waals surface area contributed by atoms with Gasteiger partial charge in [-0.2, -0.15) is 0 Å². The standard InChI is InChI=1S/C16H17FN2O4/c17-16(15(22)23)7-8-19(9-16)14(21)11-3-5-12(6-4-11)18-13(20)10-1-2-10/h3-6,10H,1-2,7-9H2,(H,18,20)(H,22,23). The van der Waals surface area contributed by atoms with E-state index in [1.54, 1.807) is 24.3 Å². The Hall–Kier alpha value is -2.44. The summed E-state index contributed by atoms with van der Waals surface area (Å²) in [7, 11) is 0. The summed E-state index contributed by atoms with van der Waals surface area (Å²) in [5.41, 5.74) is -1.43. The third kappa shape index (κ3) is 3.18. The summed E-state index contributed by atoms with van der Waals surface area (Å²) in [5.74, 6) is -1.88. The van der Waals surface area contributed by atoms with Crippen LogP contribution in [0.3, 0.4) is 0 Å². The fraction of sp³-hybridized carbons (Fsp3) is 0.438. The van der Waals surface area contributed by atoms with Crippen molar-refractivity contribution in [1.82, 2.24) is 4.90 Å². The lowest BCUT2D eigenvalue weighted by molar-refractivity contribution is -0.149. The first-order chi connectivity index (χ1) is 10.9. The molecule has 2 fully saturated rings. The van der Waals surface area contributed by atoms with E-state index in [1.165, 1.54) is 4.90 Å². The summed E-state index contributed by atoms with van der Waals surface area (Å²) in [6.07, 6.45) is 1.61. The predicted octanol–water partition coefficient (Wildman–Crippen LogP) is 1.67. The van der Waals surface area contributed by atoms with Crippen LogP contribution in [0.4, 0.5) is 10.1 Å². The van der Waals surface area contributed by atoms with E-state index in [4.69, 9.17) is 5.11 Å². The molecule has 122 valence electrons. The lowest BCUT2D eigenvalue weighted by atomic mass is 10.1. The van der Waals surface area contributed by atoms with Crippen molar-refractivity contribution in [3.63, 3.8) is 0 Å². The van der Waals surface area contributed by atoms with E-state index in [0.717, 1.165) is 12.8 Å². The van der Waals surface area contributed by atoms with Gasteiger partial charge in [-0.25, -0.2) is 9.18 Å². The second-order valence-electron chi connectivity index (χ2n) is 6.09. The Morgan fingerprint density at radius 3 is 2.39 bits per heavy atom. The van der Waals surface area contributed by atoms with Crippen LogP contribution in [-0.4, -0.2) is 46.5 Å². The first-order valence-electron chi connectivity index (χ1n) is 7.51. The minimum absolute atomic E-state index is 0.0210. The number of aliphatic carboxylic acids is 1. The Bertz CT molecular complexity index is 657. The molecule has 2 aliphatic rings. The van der Waals surface area contributed by atoms with Gasteiger partial charge >= 0.3 is 5.97 Å². The number of carboxylic acids is 1. The average Bonchev–Trinajstić information content (AvgIpc) is 3.30. The zero-order valence-corrected chi connectivity index (χ0v) is 12.4. The van der Waals surface area contributed by atoms with E-state index in [9.17, 15) is 18.8 Å². The minimum Gasteiger partial charge on any atom is -0.479 e. The molecule has 2 amide bonds. The first-order valence-corrected chi connectivity index (χ1v) is 7.51. The van der Waals surface area contributed by atoms with Gasteiger partial charge in [0.05, 0.1) is 6.54 Å². The van der Waals surface area contributed by atoms with Gasteiger partial charge in [-0.15, -0.1) is 0 Å². The molecular formula is C16H17FN2O4. The number of carbonyl (C=O) groups excluding carboxylic acids is 2. The Labute approximate surface area is 132 Å². The van der Waals surface area contributed by atoms with Gasteiger partial charge in [0.15, 0.2) is 0 Å². The molecule has 1 aromatic carbocycles. The Morgan fingerprint density at radius 2 is 1.87 bits per heavy atom. The van der Waals surface area contributed by atoms with E-state index >= 15 is 0 Å². The van der Waals surface area contributed by atoms with E-state index in [1.807, 2.05) is 0 Å². The fourth-order valence-corrected chi connectivity index (χ4v) is 2.59. The molecule has 6 nitrogen and oxygen atoms in total. The van der Waals surface area contributed by atoms with Crippen LogP contribution in [0.5, 0.6) is 0 Å². The van der Waals surface area contributed by atoms with Crippen LogP contribution < -0.4 is 5.32 Å². The third-order valence-electron chi connectivity index (χ3n) is 4.24. The maximum Gasteiger partial charge on any atom is 0.343 e. The predicted molar refractivity (Wildman–Crippen MR) is 79.8 cm³/mol. The van der Waals surface area contributed by atoms with Gasteiger partial charge in [0.25, 0.3) is 5.91 Å². The molecule has 1 unspecified atom stereocenters. The average molecular weight is 320 g/mol. The maximum atomic E-state index is 14.0. The molecule has 1 aromatic rings. The molecule has 1 aliphatic carbocycles. The van der Waals surface area contributed by atoms with Crippen LogP contribution >= 0.6 is 0 Å². The summed E-state index contributed by atoms with van der Waals surface area (Å²) in [4.78, 5) is 36.0. The number of anilines is 1. The van der Waals surface area contributed by atoms with Crippen molar-refractivity contribution in [2.24, 2.45) is 5.92 Å². The number of likely N-dealkylation sites (tertiary alicyclic amines) is 1. The van der Waals surface area contributed by atoms with Gasteiger partial charge in [0, 0.05) is 30.1 Å². The molecule has 1 saturated heterocycles. The number of rotatable bonds is 4. The summed E-state index contributed by atoms with van der Waals surface area (Å²) in [6, 6.07) is 6.32. The Morgan fingerprint density at radius 1 is 1.22 bits per heavy atom. The second-order valence-corrected chi connectivity index (χ2v) is 6.09. The highest BCUT2D eigenvalue weighted by Gasteiger charge is 2.46. The van der Waals surface area contributed by atoms with Crippen molar-refractivity contribution in [2.45, 2.75) is 24.9 Å². The van der Waals surface area contributed by atoms with E-state index in [0.29, 0.717) is 11.3 Å². The van der Waals surface area contributed by atoms with Gasteiger partial charge in [-0.1, -0.05) is 0 Å². The van der Waals surface area contributed by atoms with E-state index < -0.39 is 24.1 Å². The highest BCUT2D eigenvalue weighted by atomic mass is 19.1. The van der Waals surface area contributed by atoms with Gasteiger partial charge in [0.2, 0.25) is 11.6 Å². The van der Waals surface area contributed by atoms with Crippen molar-refractivity contribution in [3.05, 3.63) is 29.8 Å². The SMILES string of the molecule is O=C(Nc1ccc(C(=O)N2CCC(F)(C(=O)O)C2)cc1)C1CC1. The molecular weight excluding hydrogens is 303 g/mol. The minimum atomic E-state index is -2.37. The number of amides is 2. The maximum absolute atomic E-state index is 14.0. The highest BCUT2D eigenvalue weighted by molar-refractivity contribution is 5.97. The van der Waals surface area contributed by atoms with Gasteiger partial charge < -0.3 is 15.3 Å². The van der Waals surface area contributed by atoms with Crippen LogP contribution in [0.25, 0.3) is 0 Å². The summed E-state index contributed by atoms with van der Waals surface area (Å²) < 4.78 is 14.0. The normalized spacial score (nSPS) is 23.6. The van der Waals surface area contributed by atoms with Crippen LogP contribution in [0.2, 0.25) is 0 Å². The molecule has 7 heteroatoms. The molecule has 0 bridgehead atoms. The Balaban J connectivity index is 1.64. The number of halogens is 1. The molecule has 0 spiro atoms. The van der Waals surface area contributed by atoms with Crippen LogP contribution in [0.1, 0.15) is 29.6 Å². The zero-order valence-electron chi connectivity index (χ0n) is 12.4. The number of hydrogen-bond acceptors (Lipinski definition) is 3. The molecule has 0 radical (unpaired) electrons. The Kier molecular flexibility index (Phi) is 3.79. The van der Waals surface area contributed by atoms with Crippen LogP contribution in [0.15, 0.2) is 24.3 Å². The van der Waals surface area contributed by atoms with Gasteiger partial charge in [-0.05, 0) is 37.1 Å². The lowest BCUT2D eigenvalue weighted by Crippen LogP contribution is -2.38. The molecule has 1 saturated carbocycles. The number of nitrogens with zero attached hydrogens (tertiary/aromatic N) is 1. The lowest BCUT2D eigenvalue weighted by Gasteiger charge is -2.18. The monoisotopic (exact) mass is 320 g/mol. The number of benzene rings is 1. The van der Waals surface area contributed by atoms with Gasteiger partial charge in [-0.3, -0.25) is 9.59 Å². The van der Waals surface area contributed by atoms with Crippen molar-refractivity contribution < 1.29 is 23.9 Å². The smallest absolute Gasteiger partial charge is 0.343 e. The topological polar surface area (TPSA) is 86.7 Å². The molecule has 3 rings (SSSR count). The van der Waals surface area contributed by atoms with Crippen LogP contribution in [0, 0.1) is 5.92 Å². The number of alkyl halides is 1. The quantitative estimate of drug-likeness (QED) is 0.883. The fourth-order valence-electron chi connectivity index (χ4n) is 2.59. The summed E-state index contributed by atoms with van der Waals surface area (Å²) in [6.45, 7) is -0.372. The molecule has 1 heterocycles. The van der Waals surface area contributed by atoms with E-state index in [2.05, 4.69) is 5.32 Å². The summed E-state index contributed by atoms with van der Waals surface area (Å²) >= 11 is 0. The highest BCUT2D eigenvalue weighted by Crippen LogP contribution is 2.30. The number of nitrogens with one attached hydrogen (secondary N) is 1. The molecule has 23 heavy (non-hydrogen) atoms.